The Morgan fingerprint density at radius 1 is 0.971 bits per heavy atom. The fourth-order valence-electron chi connectivity index (χ4n) is 4.25. The average molecular weight is 459 g/mol. The van der Waals surface area contributed by atoms with E-state index in [0.29, 0.717) is 16.9 Å². The first kappa shape index (κ1) is 22.9. The monoisotopic (exact) mass is 459 g/mol. The van der Waals surface area contributed by atoms with Crippen LogP contribution in [0.3, 0.4) is 0 Å². The number of hydrogen-bond donors (Lipinski definition) is 3. The van der Waals surface area contributed by atoms with Crippen LogP contribution >= 0.6 is 0 Å². The first-order chi connectivity index (χ1) is 16.2. The normalized spacial score (nSPS) is 17.4. The second kappa shape index (κ2) is 8.94. The van der Waals surface area contributed by atoms with Crippen LogP contribution in [0.15, 0.2) is 72.3 Å². The highest BCUT2D eigenvalue weighted by Gasteiger charge is 2.47. The van der Waals surface area contributed by atoms with Crippen molar-refractivity contribution >= 4 is 23.1 Å². The minimum absolute atomic E-state index is 0.0630. The summed E-state index contributed by atoms with van der Waals surface area (Å²) in [6.45, 7) is 3.96. The number of nitrogens with zero attached hydrogens (tertiary/aromatic N) is 1. The number of phenolic OH excluding ortho intramolecular Hbond substituents is 2. The summed E-state index contributed by atoms with van der Waals surface area (Å²) in [5.74, 6) is -1.67. The number of benzene rings is 3. The van der Waals surface area contributed by atoms with Crippen molar-refractivity contribution in [3.8, 4) is 17.2 Å². The lowest BCUT2D eigenvalue weighted by Gasteiger charge is -2.26. The molecule has 34 heavy (non-hydrogen) atoms. The Morgan fingerprint density at radius 3 is 2.35 bits per heavy atom. The molecule has 0 spiro atoms. The summed E-state index contributed by atoms with van der Waals surface area (Å²) in [5, 5.41) is 31.9. The molecular formula is C27H25NO6. The van der Waals surface area contributed by atoms with Crippen molar-refractivity contribution < 1.29 is 29.6 Å². The lowest BCUT2D eigenvalue weighted by Crippen LogP contribution is -2.29. The van der Waals surface area contributed by atoms with E-state index >= 15 is 0 Å². The number of hydrogen-bond acceptors (Lipinski definition) is 6. The zero-order chi connectivity index (χ0) is 24.6. The smallest absolute Gasteiger partial charge is 0.300 e. The summed E-state index contributed by atoms with van der Waals surface area (Å²) < 4.78 is 5.41. The number of rotatable bonds is 5. The van der Waals surface area contributed by atoms with Crippen LogP contribution in [0.1, 0.15) is 42.5 Å². The number of amides is 1. The van der Waals surface area contributed by atoms with Gasteiger partial charge in [0.1, 0.15) is 23.0 Å². The lowest BCUT2D eigenvalue weighted by molar-refractivity contribution is -0.132. The molecule has 1 atom stereocenters. The van der Waals surface area contributed by atoms with Gasteiger partial charge in [-0.1, -0.05) is 38.1 Å². The molecule has 1 aliphatic rings. The number of carbonyl (C=O) groups is 2. The highest BCUT2D eigenvalue weighted by atomic mass is 16.5. The van der Waals surface area contributed by atoms with E-state index in [-0.39, 0.29) is 34.4 Å². The number of phenols is 2. The van der Waals surface area contributed by atoms with E-state index in [1.807, 2.05) is 13.8 Å². The largest absolute Gasteiger partial charge is 0.508 e. The number of ether oxygens (including phenoxy) is 1. The third-order valence-corrected chi connectivity index (χ3v) is 5.90. The number of Topliss-reactive ketones (excluding diaryl/α,β-unsaturated/α-hetero) is 1. The molecule has 0 radical (unpaired) electrons. The van der Waals surface area contributed by atoms with E-state index < -0.39 is 17.7 Å². The predicted molar refractivity (Wildman–Crippen MR) is 128 cm³/mol. The molecule has 0 aliphatic carbocycles. The molecule has 3 aromatic rings. The molecule has 7 heteroatoms. The van der Waals surface area contributed by atoms with Gasteiger partial charge in [-0.05, 0) is 59.5 Å². The highest BCUT2D eigenvalue weighted by Crippen LogP contribution is 2.45. The van der Waals surface area contributed by atoms with Gasteiger partial charge in [0, 0.05) is 5.56 Å². The predicted octanol–water partition coefficient (Wildman–Crippen LogP) is 4.86. The second-order valence-electron chi connectivity index (χ2n) is 8.36. The van der Waals surface area contributed by atoms with Gasteiger partial charge in [0.05, 0.1) is 24.4 Å². The van der Waals surface area contributed by atoms with Crippen molar-refractivity contribution in [2.75, 3.05) is 12.0 Å². The van der Waals surface area contributed by atoms with E-state index in [9.17, 15) is 24.9 Å². The number of anilines is 1. The second-order valence-corrected chi connectivity index (χ2v) is 8.36. The first-order valence-electron chi connectivity index (χ1n) is 10.8. The summed E-state index contributed by atoms with van der Waals surface area (Å²) in [6.07, 6.45) is 0. The van der Waals surface area contributed by atoms with E-state index in [1.54, 1.807) is 49.6 Å². The van der Waals surface area contributed by atoms with Crippen LogP contribution in [0.25, 0.3) is 5.76 Å². The first-order valence-corrected chi connectivity index (χ1v) is 10.8. The maximum atomic E-state index is 13.2. The maximum absolute atomic E-state index is 13.2. The number of aliphatic hydroxyl groups excluding tert-OH is 1. The summed E-state index contributed by atoms with van der Waals surface area (Å²) in [7, 11) is 1.56. The maximum Gasteiger partial charge on any atom is 0.300 e. The van der Waals surface area contributed by atoms with E-state index in [1.165, 1.54) is 24.3 Å². The molecule has 1 aliphatic heterocycles. The number of aromatic hydroxyl groups is 2. The Morgan fingerprint density at radius 2 is 1.71 bits per heavy atom. The third kappa shape index (κ3) is 3.85. The van der Waals surface area contributed by atoms with E-state index in [4.69, 9.17) is 4.74 Å². The number of ketones is 1. The van der Waals surface area contributed by atoms with Crippen LogP contribution in [0.5, 0.6) is 17.2 Å². The molecule has 3 aromatic carbocycles. The molecule has 0 bridgehead atoms. The summed E-state index contributed by atoms with van der Waals surface area (Å²) >= 11 is 0. The van der Waals surface area contributed by atoms with Crippen molar-refractivity contribution in [3.63, 3.8) is 0 Å². The number of aliphatic hydroxyl groups is 1. The van der Waals surface area contributed by atoms with Crippen molar-refractivity contribution in [2.24, 2.45) is 0 Å². The van der Waals surface area contributed by atoms with Crippen LogP contribution in [-0.4, -0.2) is 34.1 Å². The van der Waals surface area contributed by atoms with Gasteiger partial charge in [-0.25, -0.2) is 0 Å². The molecule has 7 nitrogen and oxygen atoms in total. The quantitative estimate of drug-likeness (QED) is 0.286. The summed E-state index contributed by atoms with van der Waals surface area (Å²) in [5.41, 5.74) is 1.57. The minimum Gasteiger partial charge on any atom is -0.508 e. The van der Waals surface area contributed by atoms with Gasteiger partial charge in [-0.15, -0.1) is 0 Å². The Hall–Kier alpha value is -4.26. The van der Waals surface area contributed by atoms with Gasteiger partial charge in [0.2, 0.25) is 0 Å². The SMILES string of the molecule is COc1ccc(/C(O)=C2/C(=O)C(=O)N(c3ccccc3O)C2c2cccc(O)c2)cc1C(C)C. The fourth-order valence-corrected chi connectivity index (χ4v) is 4.25. The van der Waals surface area contributed by atoms with Crippen LogP contribution in [0, 0.1) is 0 Å². The van der Waals surface area contributed by atoms with E-state index in [0.717, 1.165) is 10.5 Å². The fraction of sp³-hybridized carbons (Fsp3) is 0.185. The van der Waals surface area contributed by atoms with Crippen LogP contribution in [0.2, 0.25) is 0 Å². The van der Waals surface area contributed by atoms with Crippen molar-refractivity contribution in [3.05, 3.63) is 89.0 Å². The Kier molecular flexibility index (Phi) is 6.03. The average Bonchev–Trinajstić information content (AvgIpc) is 3.09. The highest BCUT2D eigenvalue weighted by molar-refractivity contribution is 6.51. The molecule has 1 unspecified atom stereocenters. The lowest BCUT2D eigenvalue weighted by atomic mass is 9.93. The Bertz CT molecular complexity index is 1310. The van der Waals surface area contributed by atoms with Gasteiger partial charge in [0.15, 0.2) is 0 Å². The molecule has 1 fully saturated rings. The molecule has 1 heterocycles. The summed E-state index contributed by atoms with van der Waals surface area (Å²) in [6, 6.07) is 16.3. The Labute approximate surface area is 197 Å². The number of para-hydroxylation sites is 2. The van der Waals surface area contributed by atoms with Crippen molar-refractivity contribution in [2.45, 2.75) is 25.8 Å². The molecular weight excluding hydrogens is 434 g/mol. The van der Waals surface area contributed by atoms with Crippen molar-refractivity contribution in [1.29, 1.82) is 0 Å². The zero-order valence-electron chi connectivity index (χ0n) is 19.0. The van der Waals surface area contributed by atoms with Crippen LogP contribution in [0.4, 0.5) is 5.69 Å². The number of methoxy groups -OCH3 is 1. The molecule has 174 valence electrons. The van der Waals surface area contributed by atoms with Gasteiger partial charge in [0.25, 0.3) is 11.7 Å². The summed E-state index contributed by atoms with van der Waals surface area (Å²) in [4.78, 5) is 27.6. The third-order valence-electron chi connectivity index (χ3n) is 5.90. The molecule has 0 saturated carbocycles. The molecule has 4 rings (SSSR count). The number of carbonyl (C=O) groups excluding carboxylic acids is 2. The molecule has 1 amide bonds. The topological polar surface area (TPSA) is 107 Å². The van der Waals surface area contributed by atoms with Crippen molar-refractivity contribution in [1.82, 2.24) is 0 Å². The standard InChI is InChI=1S/C27H25NO6/c1-15(2)19-14-17(11-12-22(19)34-3)25(31)23-24(16-7-6-8-18(29)13-16)28(27(33)26(23)32)20-9-4-5-10-21(20)30/h4-15,24,29-31H,1-3H3/b25-23-. The van der Waals surface area contributed by atoms with E-state index in [2.05, 4.69) is 0 Å². The molecule has 0 aromatic heterocycles. The van der Waals surface area contributed by atoms with Crippen LogP contribution in [-0.2, 0) is 9.59 Å². The molecule has 1 saturated heterocycles. The van der Waals surface area contributed by atoms with Gasteiger partial charge in [-0.3, -0.25) is 14.5 Å². The minimum atomic E-state index is -1.06. The van der Waals surface area contributed by atoms with Gasteiger partial charge < -0.3 is 20.1 Å². The Balaban J connectivity index is 1.97. The zero-order valence-corrected chi connectivity index (χ0v) is 19.0. The van der Waals surface area contributed by atoms with Crippen LogP contribution < -0.4 is 9.64 Å². The van der Waals surface area contributed by atoms with Gasteiger partial charge in [-0.2, -0.15) is 0 Å². The molecule has 3 N–H and O–H groups in total. The van der Waals surface area contributed by atoms with Gasteiger partial charge >= 0.3 is 0 Å².